The normalized spacial score (nSPS) is 49.6. The topological polar surface area (TPSA) is 12.0 Å². The molecule has 2 bridgehead atoms. The fourth-order valence-electron chi connectivity index (χ4n) is 3.76. The highest BCUT2D eigenvalue weighted by molar-refractivity contribution is 5.85. The second kappa shape index (κ2) is 3.43. The molecule has 0 aromatic carbocycles. The molecule has 0 aromatic rings. The van der Waals surface area contributed by atoms with Gasteiger partial charge < -0.3 is 5.32 Å². The first kappa shape index (κ1) is 11.3. The predicted octanol–water partition coefficient (Wildman–Crippen LogP) is 2.99. The van der Waals surface area contributed by atoms with E-state index in [2.05, 4.69) is 26.1 Å². The summed E-state index contributed by atoms with van der Waals surface area (Å²) in [7, 11) is 0. The lowest BCUT2D eigenvalue weighted by Gasteiger charge is -2.52. The summed E-state index contributed by atoms with van der Waals surface area (Å²) in [6.07, 6.45) is 5.60. The maximum atomic E-state index is 3.68. The van der Waals surface area contributed by atoms with Crippen LogP contribution in [0.2, 0.25) is 0 Å². The van der Waals surface area contributed by atoms with Crippen LogP contribution in [0.3, 0.4) is 0 Å². The molecule has 3 unspecified atom stereocenters. The van der Waals surface area contributed by atoms with Crippen molar-refractivity contribution < 1.29 is 0 Å². The third-order valence-corrected chi connectivity index (χ3v) is 3.74. The molecule has 2 aliphatic rings. The van der Waals surface area contributed by atoms with Crippen LogP contribution in [0.1, 0.15) is 46.5 Å². The van der Waals surface area contributed by atoms with Gasteiger partial charge in [0.05, 0.1) is 0 Å². The number of rotatable bonds is 0. The number of hydrogen-bond donors (Lipinski definition) is 1. The van der Waals surface area contributed by atoms with Crippen molar-refractivity contribution in [2.45, 2.75) is 52.0 Å². The van der Waals surface area contributed by atoms with Gasteiger partial charge in [-0.25, -0.2) is 0 Å². The van der Waals surface area contributed by atoms with Gasteiger partial charge in [-0.3, -0.25) is 0 Å². The molecule has 1 saturated heterocycles. The van der Waals surface area contributed by atoms with Crippen molar-refractivity contribution in [2.24, 2.45) is 11.3 Å². The number of halogens is 1. The molecule has 0 amide bonds. The van der Waals surface area contributed by atoms with Crippen molar-refractivity contribution >= 4 is 12.4 Å². The van der Waals surface area contributed by atoms with E-state index in [-0.39, 0.29) is 12.4 Å². The van der Waals surface area contributed by atoms with E-state index in [1.54, 1.807) is 0 Å². The monoisotopic (exact) mass is 203 g/mol. The van der Waals surface area contributed by atoms with Gasteiger partial charge in [-0.15, -0.1) is 12.4 Å². The Balaban J connectivity index is 0.000000845. The fraction of sp³-hybridized carbons (Fsp3) is 1.00. The number of fused-ring (bicyclic) bond motifs is 2. The molecule has 1 saturated carbocycles. The Labute approximate surface area is 88.1 Å². The molecule has 3 atom stereocenters. The lowest BCUT2D eigenvalue weighted by Crippen LogP contribution is -2.56. The Morgan fingerprint density at radius 3 is 2.54 bits per heavy atom. The maximum absolute atomic E-state index is 3.68. The zero-order valence-electron chi connectivity index (χ0n) is 9.02. The molecule has 0 spiro atoms. The predicted molar refractivity (Wildman–Crippen MR) is 59.4 cm³/mol. The van der Waals surface area contributed by atoms with Crippen LogP contribution in [-0.2, 0) is 0 Å². The van der Waals surface area contributed by atoms with Crippen molar-refractivity contribution in [3.05, 3.63) is 0 Å². The second-order valence-electron chi connectivity index (χ2n) is 5.74. The SMILES string of the molecule is CC1CC2(C)CCNC(C)(C1)C2.Cl. The van der Waals surface area contributed by atoms with E-state index < -0.39 is 0 Å². The van der Waals surface area contributed by atoms with Crippen LogP contribution in [-0.4, -0.2) is 12.1 Å². The van der Waals surface area contributed by atoms with E-state index in [0.29, 0.717) is 11.0 Å². The summed E-state index contributed by atoms with van der Waals surface area (Å²) < 4.78 is 0. The molecular formula is C11H22ClN. The quantitative estimate of drug-likeness (QED) is 0.639. The molecule has 78 valence electrons. The minimum atomic E-state index is 0. The molecule has 1 heterocycles. The summed E-state index contributed by atoms with van der Waals surface area (Å²) in [5.74, 6) is 0.918. The third-order valence-electron chi connectivity index (χ3n) is 3.74. The van der Waals surface area contributed by atoms with E-state index in [0.717, 1.165) is 5.92 Å². The zero-order chi connectivity index (χ0) is 8.82. The zero-order valence-corrected chi connectivity index (χ0v) is 9.84. The van der Waals surface area contributed by atoms with Crippen LogP contribution in [0.5, 0.6) is 0 Å². The Morgan fingerprint density at radius 1 is 1.23 bits per heavy atom. The van der Waals surface area contributed by atoms with Crippen LogP contribution < -0.4 is 5.32 Å². The first-order chi connectivity index (χ1) is 5.52. The van der Waals surface area contributed by atoms with E-state index in [1.165, 1.54) is 32.2 Å². The molecule has 2 heteroatoms. The van der Waals surface area contributed by atoms with Gasteiger partial charge >= 0.3 is 0 Å². The van der Waals surface area contributed by atoms with E-state index >= 15 is 0 Å². The van der Waals surface area contributed by atoms with Gasteiger partial charge in [-0.05, 0) is 50.5 Å². The summed E-state index contributed by atoms with van der Waals surface area (Å²) in [5, 5.41) is 3.68. The average molecular weight is 204 g/mol. The molecule has 13 heavy (non-hydrogen) atoms. The Bertz CT molecular complexity index is 177. The van der Waals surface area contributed by atoms with Crippen LogP contribution >= 0.6 is 12.4 Å². The summed E-state index contributed by atoms with van der Waals surface area (Å²) in [4.78, 5) is 0. The van der Waals surface area contributed by atoms with Gasteiger partial charge in [0, 0.05) is 5.54 Å². The van der Waals surface area contributed by atoms with Crippen molar-refractivity contribution in [3.8, 4) is 0 Å². The highest BCUT2D eigenvalue weighted by atomic mass is 35.5. The standard InChI is InChI=1S/C11H21N.ClH/c1-9-6-10(2)4-5-12-11(3,7-9)8-10;/h9,12H,4-8H2,1-3H3;1H. The Hall–Kier alpha value is 0.250. The van der Waals surface area contributed by atoms with Crippen molar-refractivity contribution in [1.82, 2.24) is 5.32 Å². The summed E-state index contributed by atoms with van der Waals surface area (Å²) in [5.41, 5.74) is 1.11. The Morgan fingerprint density at radius 2 is 1.92 bits per heavy atom. The molecule has 2 fully saturated rings. The van der Waals surface area contributed by atoms with E-state index in [4.69, 9.17) is 0 Å². The Kier molecular flexibility index (Phi) is 2.99. The largest absolute Gasteiger partial charge is 0.311 e. The maximum Gasteiger partial charge on any atom is 0.0161 e. The van der Waals surface area contributed by atoms with Gasteiger partial charge in [0.2, 0.25) is 0 Å². The van der Waals surface area contributed by atoms with Gasteiger partial charge in [-0.2, -0.15) is 0 Å². The lowest BCUT2D eigenvalue weighted by atomic mass is 9.60. The smallest absolute Gasteiger partial charge is 0.0161 e. The summed E-state index contributed by atoms with van der Waals surface area (Å²) in [6.45, 7) is 8.52. The van der Waals surface area contributed by atoms with E-state index in [9.17, 15) is 0 Å². The van der Waals surface area contributed by atoms with Crippen LogP contribution in [0, 0.1) is 11.3 Å². The second-order valence-corrected chi connectivity index (χ2v) is 5.74. The molecule has 2 rings (SSSR count). The molecular weight excluding hydrogens is 182 g/mol. The van der Waals surface area contributed by atoms with Crippen molar-refractivity contribution in [2.75, 3.05) is 6.54 Å². The van der Waals surface area contributed by atoms with Gasteiger partial charge in [0.15, 0.2) is 0 Å². The van der Waals surface area contributed by atoms with Crippen molar-refractivity contribution in [1.29, 1.82) is 0 Å². The van der Waals surface area contributed by atoms with Gasteiger partial charge in [0.25, 0.3) is 0 Å². The van der Waals surface area contributed by atoms with Crippen LogP contribution in [0.15, 0.2) is 0 Å². The molecule has 1 nitrogen and oxygen atoms in total. The summed E-state index contributed by atoms with van der Waals surface area (Å²) in [6, 6.07) is 0. The number of nitrogens with one attached hydrogen (secondary N) is 1. The molecule has 1 aliphatic heterocycles. The first-order valence-electron chi connectivity index (χ1n) is 5.27. The minimum Gasteiger partial charge on any atom is -0.311 e. The van der Waals surface area contributed by atoms with Gasteiger partial charge in [-0.1, -0.05) is 13.8 Å². The number of piperidine rings is 1. The van der Waals surface area contributed by atoms with E-state index in [1.807, 2.05) is 0 Å². The minimum absolute atomic E-state index is 0. The van der Waals surface area contributed by atoms with Crippen LogP contribution in [0.25, 0.3) is 0 Å². The highest BCUT2D eigenvalue weighted by Crippen LogP contribution is 2.48. The first-order valence-corrected chi connectivity index (χ1v) is 5.27. The van der Waals surface area contributed by atoms with Gasteiger partial charge in [0.1, 0.15) is 0 Å². The summed E-state index contributed by atoms with van der Waals surface area (Å²) >= 11 is 0. The number of hydrogen-bond acceptors (Lipinski definition) is 1. The fourth-order valence-corrected chi connectivity index (χ4v) is 3.76. The molecule has 1 N–H and O–H groups in total. The molecule has 0 aromatic heterocycles. The molecule has 0 radical (unpaired) electrons. The average Bonchev–Trinajstić information content (AvgIpc) is 1.79. The molecule has 1 aliphatic carbocycles. The van der Waals surface area contributed by atoms with Crippen molar-refractivity contribution in [3.63, 3.8) is 0 Å². The lowest BCUT2D eigenvalue weighted by molar-refractivity contribution is 0.0359. The third kappa shape index (κ3) is 2.19. The highest BCUT2D eigenvalue weighted by Gasteiger charge is 2.44. The van der Waals surface area contributed by atoms with Crippen LogP contribution in [0.4, 0.5) is 0 Å².